The Morgan fingerprint density at radius 2 is 1.93 bits per heavy atom. The van der Waals surface area contributed by atoms with E-state index < -0.39 is 5.97 Å². The lowest BCUT2D eigenvalue weighted by Gasteiger charge is -2.19. The van der Waals surface area contributed by atoms with Crippen LogP contribution in [0.25, 0.3) is 22.3 Å². The molecule has 2 aromatic carbocycles. The normalized spacial score (nSPS) is 17.3. The quantitative estimate of drug-likeness (QED) is 0.316. The molecular weight excluding hydrogens is 509 g/mol. The molecule has 0 spiro atoms. The van der Waals surface area contributed by atoms with E-state index in [2.05, 4.69) is 36.3 Å². The SMILES string of the molecule is Cc1cc(-c2ccc(=O)n(C)c2)cc(C)c1-c1ccc(F)c2c1CC[C@H]2Nc1cc2c(cn1)[C@H](CC(=O)O)CO2. The second-order valence-electron chi connectivity index (χ2n) is 10.8. The zero-order chi connectivity index (χ0) is 28.1. The van der Waals surface area contributed by atoms with Crippen molar-refractivity contribution in [2.45, 2.75) is 45.1 Å². The minimum Gasteiger partial charge on any atom is -0.492 e. The van der Waals surface area contributed by atoms with Crippen LogP contribution in [0.4, 0.5) is 10.2 Å². The molecule has 2 aromatic heterocycles. The summed E-state index contributed by atoms with van der Waals surface area (Å²) in [6.45, 7) is 4.46. The number of carboxylic acid groups (broad SMARTS) is 1. The number of carbonyl (C=O) groups is 1. The van der Waals surface area contributed by atoms with Gasteiger partial charge in [0, 0.05) is 48.6 Å². The summed E-state index contributed by atoms with van der Waals surface area (Å²) in [7, 11) is 1.74. The summed E-state index contributed by atoms with van der Waals surface area (Å²) in [5.41, 5.74) is 8.69. The first-order valence-electron chi connectivity index (χ1n) is 13.4. The van der Waals surface area contributed by atoms with E-state index in [1.165, 1.54) is 0 Å². The molecular formula is C32H30FN3O4. The topological polar surface area (TPSA) is 93.5 Å². The van der Waals surface area contributed by atoms with Gasteiger partial charge >= 0.3 is 5.97 Å². The van der Waals surface area contributed by atoms with E-state index in [0.29, 0.717) is 23.7 Å². The van der Waals surface area contributed by atoms with Gasteiger partial charge in [0.25, 0.3) is 0 Å². The number of carboxylic acids is 1. The number of fused-ring (bicyclic) bond motifs is 2. The summed E-state index contributed by atoms with van der Waals surface area (Å²) < 4.78 is 22.6. The molecule has 8 heteroatoms. The Bertz CT molecular complexity index is 1710. The minimum atomic E-state index is -0.871. The van der Waals surface area contributed by atoms with Gasteiger partial charge in [0.15, 0.2) is 0 Å². The molecule has 1 aliphatic carbocycles. The number of anilines is 1. The number of hydrogen-bond donors (Lipinski definition) is 2. The fraction of sp³-hybridized carbons (Fsp3) is 0.281. The van der Waals surface area contributed by atoms with Gasteiger partial charge in [0.1, 0.15) is 17.4 Å². The lowest BCUT2D eigenvalue weighted by atomic mass is 9.88. The number of hydrogen-bond acceptors (Lipinski definition) is 5. The Labute approximate surface area is 231 Å². The molecule has 4 aromatic rings. The van der Waals surface area contributed by atoms with Crippen LogP contribution in [0.1, 0.15) is 52.6 Å². The minimum absolute atomic E-state index is 0.00369. The van der Waals surface area contributed by atoms with Gasteiger partial charge in [-0.05, 0) is 77.8 Å². The van der Waals surface area contributed by atoms with Crippen LogP contribution in [0.2, 0.25) is 0 Å². The van der Waals surface area contributed by atoms with Crippen molar-refractivity contribution in [1.82, 2.24) is 9.55 Å². The average molecular weight is 540 g/mol. The highest BCUT2D eigenvalue weighted by Gasteiger charge is 2.31. The molecule has 1 aliphatic heterocycles. The van der Waals surface area contributed by atoms with Crippen molar-refractivity contribution >= 4 is 11.8 Å². The molecule has 204 valence electrons. The second-order valence-corrected chi connectivity index (χ2v) is 10.8. The third-order valence-corrected chi connectivity index (χ3v) is 8.07. The molecule has 0 saturated carbocycles. The smallest absolute Gasteiger partial charge is 0.304 e. The van der Waals surface area contributed by atoms with Gasteiger partial charge in [-0.25, -0.2) is 9.37 Å². The molecule has 6 rings (SSSR count). The van der Waals surface area contributed by atoms with Gasteiger partial charge in [0.2, 0.25) is 5.56 Å². The third-order valence-electron chi connectivity index (χ3n) is 8.07. The fourth-order valence-electron chi connectivity index (χ4n) is 6.21. The Hall–Kier alpha value is -4.46. The second kappa shape index (κ2) is 9.93. The number of nitrogens with one attached hydrogen (secondary N) is 1. The highest BCUT2D eigenvalue weighted by Crippen LogP contribution is 2.44. The number of aryl methyl sites for hydroxylation is 3. The molecule has 0 unspecified atom stereocenters. The van der Waals surface area contributed by atoms with Crippen molar-refractivity contribution < 1.29 is 19.0 Å². The van der Waals surface area contributed by atoms with Gasteiger partial charge < -0.3 is 19.7 Å². The van der Waals surface area contributed by atoms with Crippen LogP contribution < -0.4 is 15.6 Å². The lowest BCUT2D eigenvalue weighted by molar-refractivity contribution is -0.137. The van der Waals surface area contributed by atoms with E-state index in [9.17, 15) is 9.59 Å². The van der Waals surface area contributed by atoms with Crippen LogP contribution in [0.15, 0.2) is 59.7 Å². The van der Waals surface area contributed by atoms with Gasteiger partial charge in [-0.3, -0.25) is 9.59 Å². The number of nitrogens with zero attached hydrogens (tertiary/aromatic N) is 2. The van der Waals surface area contributed by atoms with Crippen molar-refractivity contribution in [2.24, 2.45) is 7.05 Å². The van der Waals surface area contributed by atoms with E-state index in [4.69, 9.17) is 9.84 Å². The van der Waals surface area contributed by atoms with E-state index in [0.717, 1.165) is 57.3 Å². The number of aliphatic carboxylic acids is 1. The Kier molecular flexibility index (Phi) is 6.41. The molecule has 7 nitrogen and oxygen atoms in total. The average Bonchev–Trinajstić information content (AvgIpc) is 3.51. The molecule has 40 heavy (non-hydrogen) atoms. The van der Waals surface area contributed by atoms with Gasteiger partial charge in [-0.15, -0.1) is 0 Å². The first-order chi connectivity index (χ1) is 19.2. The molecule has 0 saturated heterocycles. The zero-order valence-electron chi connectivity index (χ0n) is 22.6. The predicted molar refractivity (Wildman–Crippen MR) is 151 cm³/mol. The zero-order valence-corrected chi connectivity index (χ0v) is 22.6. The van der Waals surface area contributed by atoms with Crippen LogP contribution >= 0.6 is 0 Å². The first-order valence-corrected chi connectivity index (χ1v) is 13.4. The van der Waals surface area contributed by atoms with Crippen LogP contribution in [0.5, 0.6) is 5.75 Å². The molecule has 3 heterocycles. The Balaban J connectivity index is 1.31. The van der Waals surface area contributed by atoms with E-state index >= 15 is 4.39 Å². The monoisotopic (exact) mass is 539 g/mol. The summed E-state index contributed by atoms with van der Waals surface area (Å²) in [5, 5.41) is 12.5. The van der Waals surface area contributed by atoms with Crippen molar-refractivity contribution in [3.8, 4) is 28.0 Å². The van der Waals surface area contributed by atoms with Gasteiger partial charge in [0.05, 0.1) is 19.1 Å². The van der Waals surface area contributed by atoms with Crippen molar-refractivity contribution in [2.75, 3.05) is 11.9 Å². The van der Waals surface area contributed by atoms with Gasteiger partial charge in [-0.1, -0.05) is 18.2 Å². The number of rotatable bonds is 6. The fourth-order valence-corrected chi connectivity index (χ4v) is 6.21. The summed E-state index contributed by atoms with van der Waals surface area (Å²) in [4.78, 5) is 27.5. The molecule has 2 aliphatic rings. The van der Waals surface area contributed by atoms with E-state index in [1.807, 2.05) is 18.3 Å². The van der Waals surface area contributed by atoms with Crippen LogP contribution in [-0.2, 0) is 18.3 Å². The summed E-state index contributed by atoms with van der Waals surface area (Å²) in [6, 6.07) is 12.6. The van der Waals surface area contributed by atoms with Crippen molar-refractivity contribution in [1.29, 1.82) is 0 Å². The predicted octanol–water partition coefficient (Wildman–Crippen LogP) is 5.92. The molecule has 2 atom stereocenters. The van der Waals surface area contributed by atoms with E-state index in [-0.39, 0.29) is 29.8 Å². The third kappa shape index (κ3) is 4.53. The molecule has 0 bridgehead atoms. The number of aromatic nitrogens is 2. The Morgan fingerprint density at radius 1 is 1.15 bits per heavy atom. The summed E-state index contributed by atoms with van der Waals surface area (Å²) in [6.07, 6.45) is 4.95. The summed E-state index contributed by atoms with van der Waals surface area (Å²) >= 11 is 0. The number of halogens is 1. The molecule has 2 N–H and O–H groups in total. The van der Waals surface area contributed by atoms with Crippen molar-refractivity contribution in [3.05, 3.63) is 98.8 Å². The lowest BCUT2D eigenvalue weighted by Crippen LogP contribution is -2.13. The molecule has 0 fully saturated rings. The van der Waals surface area contributed by atoms with Gasteiger partial charge in [-0.2, -0.15) is 0 Å². The maximum Gasteiger partial charge on any atom is 0.304 e. The number of ether oxygens (including phenoxy) is 1. The van der Waals surface area contributed by atoms with Crippen molar-refractivity contribution in [3.63, 3.8) is 0 Å². The maximum absolute atomic E-state index is 15.3. The number of benzene rings is 2. The highest BCUT2D eigenvalue weighted by molar-refractivity contribution is 5.80. The highest BCUT2D eigenvalue weighted by atomic mass is 19.1. The maximum atomic E-state index is 15.3. The summed E-state index contributed by atoms with van der Waals surface area (Å²) in [5.74, 6) is -0.130. The van der Waals surface area contributed by atoms with Crippen LogP contribution in [-0.4, -0.2) is 27.2 Å². The standard InChI is InChI=1S/C32H30FN3O4/c1-17-10-20(19-4-9-29(37)36(3)15-19)11-18(2)31(17)22-5-7-25(33)32-23(22)6-8-26(32)35-28-13-27-24(14-34-28)21(16-40-27)12-30(38)39/h4-5,7,9-11,13-15,21,26H,6,8,12,16H2,1-3H3,(H,34,35)(H,38,39)/t21-,26-/m1/s1. The Morgan fingerprint density at radius 3 is 2.65 bits per heavy atom. The molecule has 0 amide bonds. The van der Waals surface area contributed by atoms with Crippen LogP contribution in [0, 0.1) is 19.7 Å². The number of pyridine rings is 2. The molecule has 0 radical (unpaired) electrons. The van der Waals surface area contributed by atoms with E-state index in [1.54, 1.807) is 36.0 Å². The first kappa shape index (κ1) is 25.8. The largest absolute Gasteiger partial charge is 0.492 e. The van der Waals surface area contributed by atoms with Crippen LogP contribution in [0.3, 0.4) is 0 Å².